The van der Waals surface area contributed by atoms with Gasteiger partial charge in [-0.2, -0.15) is 5.10 Å². The van der Waals surface area contributed by atoms with E-state index in [-0.39, 0.29) is 33.3 Å². The van der Waals surface area contributed by atoms with Crippen LogP contribution in [0.4, 0.5) is 22.6 Å². The smallest absolute Gasteiger partial charge is 0.355 e. The summed E-state index contributed by atoms with van der Waals surface area (Å²) in [5.74, 6) is 0.726. The van der Waals surface area contributed by atoms with Gasteiger partial charge in [0.15, 0.2) is 22.5 Å². The van der Waals surface area contributed by atoms with Crippen LogP contribution in [0.25, 0.3) is 21.3 Å². The molecule has 6 aromatic rings. The first kappa shape index (κ1) is 39.0. The van der Waals surface area contributed by atoms with Crippen molar-refractivity contribution < 1.29 is 19.7 Å². The van der Waals surface area contributed by atoms with Crippen molar-refractivity contribution in [1.82, 2.24) is 35.3 Å². The van der Waals surface area contributed by atoms with Crippen LogP contribution in [0.2, 0.25) is 0 Å². The summed E-state index contributed by atoms with van der Waals surface area (Å²) in [6.45, 7) is 11.7. The zero-order valence-electron chi connectivity index (χ0n) is 34.2. The number of para-hydroxylation sites is 1. The highest BCUT2D eigenvalue weighted by Crippen LogP contribution is 2.72. The SMILES string of the molecule is Cc1cc(N(C)c2ccc(-c3cnn(CC45CC6(C)CC(C)(C4)CC(OCCNCc4cccc(O)c4)(C6)C5)c3C)c(C(=O)O)n2)nnc1Nc1nc2ccccc2s1. The third-order valence-electron chi connectivity index (χ3n) is 12.7. The number of ether oxygens (including phenoxy) is 1. The van der Waals surface area contributed by atoms with Crippen LogP contribution in [0.15, 0.2) is 72.9 Å². The average molecular weight is 814 g/mol. The minimum absolute atomic E-state index is 0.0143. The summed E-state index contributed by atoms with van der Waals surface area (Å²) >= 11 is 1.55. The van der Waals surface area contributed by atoms with Crippen molar-refractivity contribution in [3.8, 4) is 16.9 Å². The van der Waals surface area contributed by atoms with E-state index >= 15 is 0 Å². The second-order valence-corrected chi connectivity index (χ2v) is 19.2. The Labute approximate surface area is 347 Å². The number of hydrogen-bond acceptors (Lipinski definition) is 12. The molecule has 4 bridgehead atoms. The van der Waals surface area contributed by atoms with E-state index in [0.717, 1.165) is 82.9 Å². The number of phenolic OH excluding ortho intramolecular Hbond substituents is 1. The molecule has 0 spiro atoms. The van der Waals surface area contributed by atoms with Crippen molar-refractivity contribution in [2.24, 2.45) is 16.2 Å². The van der Waals surface area contributed by atoms with Crippen LogP contribution in [0.3, 0.4) is 0 Å². The lowest BCUT2D eigenvalue weighted by Gasteiger charge is -2.69. The molecule has 4 N–H and O–H groups in total. The summed E-state index contributed by atoms with van der Waals surface area (Å²) in [7, 11) is 1.80. The van der Waals surface area contributed by atoms with Crippen LogP contribution in [-0.4, -0.2) is 71.9 Å². The number of pyridine rings is 1. The number of fused-ring (bicyclic) bond motifs is 1. The van der Waals surface area contributed by atoms with E-state index in [9.17, 15) is 15.0 Å². The zero-order valence-corrected chi connectivity index (χ0v) is 35.1. The zero-order chi connectivity index (χ0) is 41.2. The van der Waals surface area contributed by atoms with Gasteiger partial charge in [-0.1, -0.05) is 49.4 Å². The third-order valence-corrected chi connectivity index (χ3v) is 13.7. The number of aromatic hydroxyl groups is 1. The Hall–Kier alpha value is -5.44. The van der Waals surface area contributed by atoms with Crippen molar-refractivity contribution >= 4 is 50.1 Å². The number of carbonyl (C=O) groups is 1. The van der Waals surface area contributed by atoms with E-state index in [4.69, 9.17) is 9.84 Å². The molecule has 4 fully saturated rings. The van der Waals surface area contributed by atoms with Crippen LogP contribution >= 0.6 is 11.3 Å². The summed E-state index contributed by atoms with van der Waals surface area (Å²) < 4.78 is 10.1. The maximum Gasteiger partial charge on any atom is 0.355 e. The molecule has 59 heavy (non-hydrogen) atoms. The molecule has 10 rings (SSSR count). The van der Waals surface area contributed by atoms with Gasteiger partial charge in [0.2, 0.25) is 0 Å². The Kier molecular flexibility index (Phi) is 9.71. The molecule has 0 radical (unpaired) electrons. The van der Waals surface area contributed by atoms with Crippen LogP contribution in [0.1, 0.15) is 79.7 Å². The number of nitrogens with one attached hydrogen (secondary N) is 2. The Morgan fingerprint density at radius 3 is 2.46 bits per heavy atom. The first-order valence-electron chi connectivity index (χ1n) is 20.3. The van der Waals surface area contributed by atoms with Crippen molar-refractivity contribution in [3.63, 3.8) is 0 Å². The highest BCUT2D eigenvalue weighted by Gasteiger charge is 2.66. The summed E-state index contributed by atoms with van der Waals surface area (Å²) in [4.78, 5) is 23.8. The lowest BCUT2D eigenvalue weighted by atomic mass is 9.39. The predicted octanol–water partition coefficient (Wildman–Crippen LogP) is 8.80. The predicted molar refractivity (Wildman–Crippen MR) is 230 cm³/mol. The van der Waals surface area contributed by atoms with Crippen molar-refractivity contribution in [3.05, 3.63) is 95.4 Å². The molecule has 4 aliphatic carbocycles. The maximum atomic E-state index is 12.8. The molecule has 306 valence electrons. The molecular formula is C45H51N9O4S. The number of rotatable bonds is 14. The molecule has 2 atom stereocenters. The number of nitrogens with zero attached hydrogens (tertiary/aromatic N) is 7. The highest BCUT2D eigenvalue weighted by atomic mass is 32.1. The number of carboxylic acid groups (broad SMARTS) is 1. The highest BCUT2D eigenvalue weighted by molar-refractivity contribution is 7.22. The number of carboxylic acids is 1. The minimum Gasteiger partial charge on any atom is -0.508 e. The van der Waals surface area contributed by atoms with E-state index in [1.54, 1.807) is 41.6 Å². The largest absolute Gasteiger partial charge is 0.508 e. The second kappa shape index (κ2) is 14.7. The Morgan fingerprint density at radius 2 is 1.71 bits per heavy atom. The number of hydrogen-bond donors (Lipinski definition) is 4. The average Bonchev–Trinajstić information content (AvgIpc) is 3.75. The molecule has 4 aliphatic rings. The summed E-state index contributed by atoms with van der Waals surface area (Å²) in [5.41, 5.74) is 5.17. The van der Waals surface area contributed by atoms with Gasteiger partial charge in [-0.15, -0.1) is 10.2 Å². The maximum absolute atomic E-state index is 12.8. The fourth-order valence-electron chi connectivity index (χ4n) is 11.5. The molecule has 0 saturated heterocycles. The van der Waals surface area contributed by atoms with Gasteiger partial charge in [0.1, 0.15) is 11.6 Å². The van der Waals surface area contributed by atoms with Gasteiger partial charge in [-0.3, -0.25) is 4.68 Å². The van der Waals surface area contributed by atoms with Gasteiger partial charge in [-0.05, 0) is 122 Å². The van der Waals surface area contributed by atoms with E-state index in [2.05, 4.69) is 49.3 Å². The lowest BCUT2D eigenvalue weighted by Crippen LogP contribution is -2.64. The van der Waals surface area contributed by atoms with Crippen molar-refractivity contribution in [1.29, 1.82) is 0 Å². The van der Waals surface area contributed by atoms with E-state index in [0.29, 0.717) is 36.2 Å². The first-order valence-corrected chi connectivity index (χ1v) is 21.1. The number of aryl methyl sites for hydroxylation is 1. The normalized spacial score (nSPS) is 24.5. The van der Waals surface area contributed by atoms with Crippen molar-refractivity contribution in [2.75, 3.05) is 30.4 Å². The van der Waals surface area contributed by atoms with Gasteiger partial charge in [-0.25, -0.2) is 14.8 Å². The van der Waals surface area contributed by atoms with E-state index in [1.807, 2.05) is 68.4 Å². The Balaban J connectivity index is 0.908. The molecule has 14 heteroatoms. The second-order valence-electron chi connectivity index (χ2n) is 18.1. The quantitative estimate of drug-likeness (QED) is 0.0775. The van der Waals surface area contributed by atoms with Crippen LogP contribution in [0.5, 0.6) is 5.75 Å². The molecule has 4 aromatic heterocycles. The molecule has 0 aliphatic heterocycles. The van der Waals surface area contributed by atoms with E-state index < -0.39 is 5.97 Å². The molecule has 13 nitrogen and oxygen atoms in total. The van der Waals surface area contributed by atoms with Gasteiger partial charge in [0.05, 0.1) is 28.6 Å². The first-order chi connectivity index (χ1) is 28.2. The molecule has 2 unspecified atom stereocenters. The number of anilines is 4. The van der Waals surface area contributed by atoms with Gasteiger partial charge in [0.25, 0.3) is 0 Å². The lowest BCUT2D eigenvalue weighted by molar-refractivity contribution is -0.247. The molecule has 4 saturated carbocycles. The Morgan fingerprint density at radius 1 is 0.915 bits per heavy atom. The number of aromatic nitrogens is 6. The fraction of sp³-hybridized carbons (Fsp3) is 0.422. The summed E-state index contributed by atoms with van der Waals surface area (Å²) in [6.07, 6.45) is 8.36. The number of benzene rings is 2. The molecule has 0 amide bonds. The Bertz CT molecular complexity index is 2520. The summed E-state index contributed by atoms with van der Waals surface area (Å²) in [5, 5.41) is 41.6. The number of aromatic carboxylic acids is 1. The molecule has 4 heterocycles. The third kappa shape index (κ3) is 7.65. The van der Waals surface area contributed by atoms with Crippen LogP contribution in [-0.2, 0) is 17.8 Å². The van der Waals surface area contributed by atoms with E-state index in [1.165, 1.54) is 6.42 Å². The number of thiazole rings is 1. The minimum atomic E-state index is -1.11. The van der Waals surface area contributed by atoms with Crippen molar-refractivity contribution in [2.45, 2.75) is 84.9 Å². The fourth-order valence-corrected chi connectivity index (χ4v) is 12.4. The molecular weight excluding hydrogens is 763 g/mol. The standard InChI is InChI=1S/C45H51N9O4S/c1-28-17-37(51-52-39(28)50-41-48-34-11-6-7-12-35(34)59-41)53(5)36-14-13-32(38(49-36)40(56)57)33-20-47-54(29(33)2)27-44-22-42(3)21-43(4,23-44)25-45(24-42,26-44)58-16-15-46-19-30-9-8-10-31(55)18-30/h6-14,17-18,20,46,55H,15-16,19,21-27H2,1-5H3,(H,56,57)(H,48,50,52). The van der Waals surface area contributed by atoms with Gasteiger partial charge >= 0.3 is 5.97 Å². The van der Waals surface area contributed by atoms with Gasteiger partial charge < -0.3 is 30.5 Å². The monoisotopic (exact) mass is 813 g/mol. The van der Waals surface area contributed by atoms with Crippen LogP contribution in [0, 0.1) is 30.1 Å². The number of phenols is 1. The topological polar surface area (TPSA) is 163 Å². The van der Waals surface area contributed by atoms with Gasteiger partial charge in [0, 0.05) is 43.5 Å². The molecule has 2 aromatic carbocycles. The summed E-state index contributed by atoms with van der Waals surface area (Å²) in [6, 6.07) is 20.8. The van der Waals surface area contributed by atoms with Crippen LogP contribution < -0.4 is 15.5 Å².